The van der Waals surface area contributed by atoms with Crippen LogP contribution in [-0.2, 0) is 20.6 Å². The lowest BCUT2D eigenvalue weighted by Crippen LogP contribution is -2.37. The van der Waals surface area contributed by atoms with E-state index >= 15 is 0 Å². The van der Waals surface area contributed by atoms with Crippen molar-refractivity contribution in [2.45, 2.75) is 6.54 Å². The van der Waals surface area contributed by atoms with Crippen molar-refractivity contribution in [3.8, 4) is 0 Å². The number of rotatable bonds is 5. The quantitative estimate of drug-likeness (QED) is 0.410. The fourth-order valence-electron chi connectivity index (χ4n) is 3.07. The highest BCUT2D eigenvalue weighted by Crippen LogP contribution is 2.18. The fourth-order valence-corrected chi connectivity index (χ4v) is 3.07. The van der Waals surface area contributed by atoms with Gasteiger partial charge in [-0.05, 0) is 11.6 Å². The summed E-state index contributed by atoms with van der Waals surface area (Å²) >= 11 is 0. The number of aromatic nitrogens is 5. The summed E-state index contributed by atoms with van der Waals surface area (Å²) in [6.07, 6.45) is 4.97. The third-order valence-corrected chi connectivity index (χ3v) is 4.59. The van der Waals surface area contributed by atoms with E-state index in [9.17, 15) is 9.59 Å². The van der Waals surface area contributed by atoms with Gasteiger partial charge in [0.05, 0.1) is 12.8 Å². The highest BCUT2D eigenvalue weighted by atomic mass is 16.2. The molecule has 0 fully saturated rings. The molecule has 0 spiro atoms. The van der Waals surface area contributed by atoms with Crippen LogP contribution in [0.5, 0.6) is 0 Å². The van der Waals surface area contributed by atoms with E-state index in [-0.39, 0.29) is 0 Å². The van der Waals surface area contributed by atoms with Gasteiger partial charge >= 0.3 is 5.69 Å². The van der Waals surface area contributed by atoms with Crippen LogP contribution in [0.2, 0.25) is 0 Å². The van der Waals surface area contributed by atoms with Gasteiger partial charge < -0.3 is 0 Å². The average Bonchev–Trinajstić information content (AvgIpc) is 3.10. The number of nitrogens with zero attached hydrogens (tertiary/aromatic N) is 6. The first kappa shape index (κ1) is 18.4. The Balaban J connectivity index is 1.84. The van der Waals surface area contributed by atoms with Crippen LogP contribution in [0.25, 0.3) is 11.2 Å². The summed E-state index contributed by atoms with van der Waals surface area (Å²) in [5.41, 5.74) is 4.49. The van der Waals surface area contributed by atoms with E-state index in [1.165, 1.54) is 11.6 Å². The minimum absolute atomic E-state index is 0.299. The molecule has 0 bridgehead atoms. The highest BCUT2D eigenvalue weighted by Gasteiger charge is 2.19. The third kappa shape index (κ3) is 3.45. The summed E-state index contributed by atoms with van der Waals surface area (Å²) in [7, 11) is 3.05. The fraction of sp³-hybridized carbons (Fsp3) is 0.150. The van der Waals surface area contributed by atoms with E-state index in [0.29, 0.717) is 23.7 Å². The van der Waals surface area contributed by atoms with Crippen LogP contribution in [0.3, 0.4) is 0 Å². The van der Waals surface area contributed by atoms with Gasteiger partial charge in [0.15, 0.2) is 11.2 Å². The summed E-state index contributed by atoms with van der Waals surface area (Å²) < 4.78 is 4.16. The molecule has 4 rings (SSSR count). The van der Waals surface area contributed by atoms with Gasteiger partial charge in [-0.15, -0.1) is 0 Å². The average molecular weight is 389 g/mol. The molecule has 3 aromatic heterocycles. The molecule has 9 heteroatoms. The first-order chi connectivity index (χ1) is 14.1. The molecule has 0 radical (unpaired) electrons. The first-order valence-corrected chi connectivity index (χ1v) is 8.95. The Labute approximate surface area is 165 Å². The van der Waals surface area contributed by atoms with E-state index in [2.05, 4.69) is 20.5 Å². The van der Waals surface area contributed by atoms with Crippen molar-refractivity contribution < 1.29 is 0 Å². The molecule has 0 saturated heterocycles. The zero-order chi connectivity index (χ0) is 20.4. The van der Waals surface area contributed by atoms with Gasteiger partial charge in [0.2, 0.25) is 5.95 Å². The maximum Gasteiger partial charge on any atom is 0.332 e. The van der Waals surface area contributed by atoms with Gasteiger partial charge in [0.25, 0.3) is 5.56 Å². The maximum absolute atomic E-state index is 12.8. The molecule has 0 saturated carbocycles. The van der Waals surface area contributed by atoms with Gasteiger partial charge in [-0.1, -0.05) is 36.4 Å². The standard InChI is InChI=1S/C20H19N7O2/c1-25-17-16(18(28)26(2)20(25)29)27(13-14-7-4-3-5-8-14)19(23-17)24-22-12-15-9-6-10-21-11-15/h3-12H,13H2,1-2H3,(H,23,24)/b22-12-. The minimum atomic E-state index is -0.433. The van der Waals surface area contributed by atoms with Crippen molar-refractivity contribution in [2.75, 3.05) is 5.43 Å². The molecule has 0 amide bonds. The Kier molecular flexibility index (Phi) is 4.78. The van der Waals surface area contributed by atoms with Crippen LogP contribution >= 0.6 is 0 Å². The Morgan fingerprint density at radius 1 is 1.07 bits per heavy atom. The van der Waals surface area contributed by atoms with Crippen LogP contribution in [-0.4, -0.2) is 29.9 Å². The van der Waals surface area contributed by atoms with Gasteiger partial charge in [-0.3, -0.25) is 23.5 Å². The van der Waals surface area contributed by atoms with Crippen molar-refractivity contribution in [1.29, 1.82) is 0 Å². The number of fused-ring (bicyclic) bond motifs is 1. The number of hydrogen-bond acceptors (Lipinski definition) is 6. The molecule has 1 aromatic carbocycles. The third-order valence-electron chi connectivity index (χ3n) is 4.59. The maximum atomic E-state index is 12.8. The number of aryl methyl sites for hydroxylation is 1. The lowest BCUT2D eigenvalue weighted by atomic mass is 10.2. The Morgan fingerprint density at radius 3 is 2.59 bits per heavy atom. The second-order valence-corrected chi connectivity index (χ2v) is 6.54. The zero-order valence-electron chi connectivity index (χ0n) is 16.0. The van der Waals surface area contributed by atoms with Crippen molar-refractivity contribution in [3.63, 3.8) is 0 Å². The summed E-state index contributed by atoms with van der Waals surface area (Å²) in [5, 5.41) is 4.22. The van der Waals surface area contributed by atoms with Crippen molar-refractivity contribution in [2.24, 2.45) is 19.2 Å². The van der Waals surface area contributed by atoms with Gasteiger partial charge in [0, 0.05) is 32.1 Å². The second-order valence-electron chi connectivity index (χ2n) is 6.54. The molecule has 0 unspecified atom stereocenters. The molecule has 29 heavy (non-hydrogen) atoms. The Bertz CT molecular complexity index is 1300. The van der Waals surface area contributed by atoms with E-state index in [4.69, 9.17) is 0 Å². The minimum Gasteiger partial charge on any atom is -0.298 e. The lowest BCUT2D eigenvalue weighted by molar-refractivity contribution is 0.702. The van der Waals surface area contributed by atoms with E-state index in [1.54, 1.807) is 30.2 Å². The molecular weight excluding hydrogens is 370 g/mol. The SMILES string of the molecule is Cn1c(=O)c2c(nc(N/N=C\c3cccnc3)n2Cc2ccccc2)n(C)c1=O. The van der Waals surface area contributed by atoms with E-state index in [0.717, 1.165) is 15.7 Å². The molecule has 4 aromatic rings. The largest absolute Gasteiger partial charge is 0.332 e. The number of anilines is 1. The molecule has 146 valence electrons. The van der Waals surface area contributed by atoms with Crippen LogP contribution < -0.4 is 16.7 Å². The second kappa shape index (κ2) is 7.55. The summed E-state index contributed by atoms with van der Waals surface area (Å²) in [6.45, 7) is 0.398. The van der Waals surface area contributed by atoms with Gasteiger partial charge in [0.1, 0.15) is 0 Å². The predicted octanol–water partition coefficient (Wildman–Crippen LogP) is 1.32. The Hall–Kier alpha value is -4.01. The predicted molar refractivity (Wildman–Crippen MR) is 111 cm³/mol. The number of pyridine rings is 1. The van der Waals surface area contributed by atoms with Crippen LogP contribution in [0.4, 0.5) is 5.95 Å². The van der Waals surface area contributed by atoms with Crippen molar-refractivity contribution in [3.05, 3.63) is 86.8 Å². The summed E-state index contributed by atoms with van der Waals surface area (Å²) in [5.74, 6) is 0.363. The van der Waals surface area contributed by atoms with Gasteiger partial charge in [-0.2, -0.15) is 10.1 Å². The molecule has 0 aliphatic rings. The number of hydrogen-bond donors (Lipinski definition) is 1. The number of nitrogens with one attached hydrogen (secondary N) is 1. The molecule has 3 heterocycles. The molecule has 9 nitrogen and oxygen atoms in total. The van der Waals surface area contributed by atoms with E-state index < -0.39 is 11.2 Å². The van der Waals surface area contributed by atoms with Crippen LogP contribution in [0, 0.1) is 0 Å². The summed E-state index contributed by atoms with van der Waals surface area (Å²) in [6, 6.07) is 13.4. The first-order valence-electron chi connectivity index (χ1n) is 8.95. The van der Waals surface area contributed by atoms with Gasteiger partial charge in [-0.25, -0.2) is 10.2 Å². The van der Waals surface area contributed by atoms with Crippen molar-refractivity contribution in [1.82, 2.24) is 23.7 Å². The van der Waals surface area contributed by atoms with Crippen LogP contribution in [0.1, 0.15) is 11.1 Å². The topological polar surface area (TPSA) is 99.1 Å². The zero-order valence-corrected chi connectivity index (χ0v) is 16.0. The normalized spacial score (nSPS) is 11.4. The number of hydrazone groups is 1. The summed E-state index contributed by atoms with van der Waals surface area (Å²) in [4.78, 5) is 33.6. The Morgan fingerprint density at radius 2 is 1.86 bits per heavy atom. The molecule has 0 atom stereocenters. The van der Waals surface area contributed by atoms with Crippen molar-refractivity contribution >= 4 is 23.3 Å². The molecule has 1 N–H and O–H groups in total. The van der Waals surface area contributed by atoms with Crippen LogP contribution in [0.15, 0.2) is 69.5 Å². The number of imidazole rings is 1. The molecular formula is C20H19N7O2. The molecule has 0 aliphatic carbocycles. The molecule has 0 aliphatic heterocycles. The van der Waals surface area contributed by atoms with E-state index in [1.807, 2.05) is 42.5 Å². The highest BCUT2D eigenvalue weighted by molar-refractivity contribution is 5.80. The smallest absolute Gasteiger partial charge is 0.298 e. The monoisotopic (exact) mass is 389 g/mol. The number of benzene rings is 1. The lowest BCUT2D eigenvalue weighted by Gasteiger charge is -2.09.